The Morgan fingerprint density at radius 1 is 1.22 bits per heavy atom. The van der Waals surface area contributed by atoms with Crippen LogP contribution in [0.3, 0.4) is 0 Å². The van der Waals surface area contributed by atoms with Crippen molar-refractivity contribution in [1.29, 1.82) is 0 Å². The van der Waals surface area contributed by atoms with E-state index in [1.807, 2.05) is 0 Å². The van der Waals surface area contributed by atoms with Crippen LogP contribution < -0.4 is 5.32 Å². The molecular formula is C20H39IN4O2. The van der Waals surface area contributed by atoms with Crippen LogP contribution in [0.2, 0.25) is 0 Å². The van der Waals surface area contributed by atoms with Gasteiger partial charge in [0.2, 0.25) is 0 Å². The first kappa shape index (κ1) is 23.2. The Morgan fingerprint density at radius 3 is 2.52 bits per heavy atom. The van der Waals surface area contributed by atoms with Crippen molar-refractivity contribution >= 4 is 29.9 Å². The van der Waals surface area contributed by atoms with Gasteiger partial charge in [-0.3, -0.25) is 9.89 Å². The van der Waals surface area contributed by atoms with Crippen molar-refractivity contribution in [2.45, 2.75) is 65.2 Å². The molecule has 3 saturated heterocycles. The van der Waals surface area contributed by atoms with Crippen LogP contribution in [0.15, 0.2) is 4.99 Å². The van der Waals surface area contributed by atoms with Crippen LogP contribution in [0.1, 0.15) is 47.5 Å². The van der Waals surface area contributed by atoms with E-state index in [1.54, 1.807) is 0 Å². The maximum absolute atomic E-state index is 5.90. The summed E-state index contributed by atoms with van der Waals surface area (Å²) in [5, 5.41) is 3.52. The number of nitrogens with zero attached hydrogens (tertiary/aromatic N) is 3. The van der Waals surface area contributed by atoms with Gasteiger partial charge in [-0.05, 0) is 47.5 Å². The fourth-order valence-corrected chi connectivity index (χ4v) is 4.55. The molecule has 1 N–H and O–H groups in total. The Hall–Kier alpha value is -0.120. The summed E-state index contributed by atoms with van der Waals surface area (Å²) >= 11 is 0. The number of ether oxygens (including phenoxy) is 2. The van der Waals surface area contributed by atoms with Crippen LogP contribution in [0, 0.1) is 5.41 Å². The highest BCUT2D eigenvalue weighted by molar-refractivity contribution is 14.0. The molecule has 0 aromatic heterocycles. The number of nitrogens with one attached hydrogen (secondary N) is 1. The summed E-state index contributed by atoms with van der Waals surface area (Å²) in [7, 11) is 0. The number of rotatable bonds is 4. The number of guanidine groups is 1. The predicted octanol–water partition coefficient (Wildman–Crippen LogP) is 2.57. The highest BCUT2D eigenvalue weighted by Gasteiger charge is 2.42. The lowest BCUT2D eigenvalue weighted by molar-refractivity contribution is -0.0939. The Labute approximate surface area is 182 Å². The van der Waals surface area contributed by atoms with Gasteiger partial charge in [0.25, 0.3) is 0 Å². The summed E-state index contributed by atoms with van der Waals surface area (Å²) in [6, 6.07) is 0. The molecule has 27 heavy (non-hydrogen) atoms. The van der Waals surface area contributed by atoms with Gasteiger partial charge in [0.05, 0.1) is 25.4 Å². The lowest BCUT2D eigenvalue weighted by Gasteiger charge is -2.44. The predicted molar refractivity (Wildman–Crippen MR) is 121 cm³/mol. The molecule has 0 radical (unpaired) electrons. The smallest absolute Gasteiger partial charge is 0.194 e. The monoisotopic (exact) mass is 494 g/mol. The zero-order valence-corrected chi connectivity index (χ0v) is 20.1. The molecule has 0 aromatic carbocycles. The molecule has 0 bridgehead atoms. The van der Waals surface area contributed by atoms with Crippen molar-refractivity contribution in [3.63, 3.8) is 0 Å². The van der Waals surface area contributed by atoms with Gasteiger partial charge in [-0.25, -0.2) is 0 Å². The van der Waals surface area contributed by atoms with E-state index in [9.17, 15) is 0 Å². The third-order valence-electron chi connectivity index (χ3n) is 6.15. The average molecular weight is 494 g/mol. The Kier molecular flexibility index (Phi) is 8.22. The number of morpholine rings is 1. The molecule has 6 nitrogen and oxygen atoms in total. The maximum atomic E-state index is 5.90. The minimum Gasteiger partial charge on any atom is -0.381 e. The lowest BCUT2D eigenvalue weighted by Crippen LogP contribution is -2.56. The van der Waals surface area contributed by atoms with Gasteiger partial charge in [0.1, 0.15) is 0 Å². The molecular weight excluding hydrogens is 455 g/mol. The SMILES string of the molecule is CCNC(=NCC(C)(C)N1CC(C)OC(C)C1)N1CCC2(CCOC2)C1.I. The summed E-state index contributed by atoms with van der Waals surface area (Å²) in [5.41, 5.74) is 0.391. The van der Waals surface area contributed by atoms with Crippen LogP contribution >= 0.6 is 24.0 Å². The summed E-state index contributed by atoms with van der Waals surface area (Å²) in [6.07, 6.45) is 2.99. The Morgan fingerprint density at radius 2 is 1.93 bits per heavy atom. The molecule has 3 heterocycles. The van der Waals surface area contributed by atoms with E-state index >= 15 is 0 Å². The van der Waals surface area contributed by atoms with Gasteiger partial charge in [0.15, 0.2) is 5.96 Å². The fraction of sp³-hybridized carbons (Fsp3) is 0.950. The molecule has 3 rings (SSSR count). The topological polar surface area (TPSA) is 49.3 Å². The van der Waals surface area contributed by atoms with E-state index in [0.29, 0.717) is 5.41 Å². The summed E-state index contributed by atoms with van der Waals surface area (Å²) in [6.45, 7) is 18.8. The number of halogens is 1. The van der Waals surface area contributed by atoms with Crippen molar-refractivity contribution < 1.29 is 9.47 Å². The van der Waals surface area contributed by atoms with E-state index in [1.165, 1.54) is 12.8 Å². The molecule has 3 aliphatic rings. The minimum atomic E-state index is 0. The molecule has 3 atom stereocenters. The van der Waals surface area contributed by atoms with E-state index in [2.05, 4.69) is 49.7 Å². The number of hydrogen-bond donors (Lipinski definition) is 1. The van der Waals surface area contributed by atoms with Crippen molar-refractivity contribution in [1.82, 2.24) is 15.1 Å². The molecule has 0 aromatic rings. The normalized spacial score (nSPS) is 32.8. The number of likely N-dealkylation sites (tertiary alicyclic amines) is 1. The maximum Gasteiger partial charge on any atom is 0.194 e. The molecule has 158 valence electrons. The van der Waals surface area contributed by atoms with Gasteiger partial charge in [-0.15, -0.1) is 24.0 Å². The molecule has 0 saturated carbocycles. The van der Waals surface area contributed by atoms with Crippen molar-refractivity contribution in [3.8, 4) is 0 Å². The van der Waals surface area contributed by atoms with Crippen molar-refractivity contribution in [2.75, 3.05) is 52.5 Å². The van der Waals surface area contributed by atoms with Crippen LogP contribution in [0.4, 0.5) is 0 Å². The first-order valence-corrected chi connectivity index (χ1v) is 10.4. The van der Waals surface area contributed by atoms with Crippen molar-refractivity contribution in [3.05, 3.63) is 0 Å². The summed E-state index contributed by atoms with van der Waals surface area (Å²) in [5.74, 6) is 1.07. The van der Waals surface area contributed by atoms with E-state index in [4.69, 9.17) is 14.5 Å². The van der Waals surface area contributed by atoms with Gasteiger partial charge in [-0.2, -0.15) is 0 Å². The van der Waals surface area contributed by atoms with E-state index < -0.39 is 0 Å². The van der Waals surface area contributed by atoms with Gasteiger partial charge in [-0.1, -0.05) is 0 Å². The highest BCUT2D eigenvalue weighted by Crippen LogP contribution is 2.38. The average Bonchev–Trinajstić information content (AvgIpc) is 3.21. The molecule has 0 amide bonds. The van der Waals surface area contributed by atoms with Crippen LogP contribution in [-0.4, -0.2) is 86.0 Å². The van der Waals surface area contributed by atoms with Gasteiger partial charge < -0.3 is 19.7 Å². The zero-order valence-electron chi connectivity index (χ0n) is 17.8. The Bertz CT molecular complexity index is 498. The Balaban J connectivity index is 0.00000261. The summed E-state index contributed by atoms with van der Waals surface area (Å²) < 4.78 is 11.6. The third-order valence-corrected chi connectivity index (χ3v) is 6.15. The van der Waals surface area contributed by atoms with Crippen LogP contribution in [-0.2, 0) is 9.47 Å². The van der Waals surface area contributed by atoms with Crippen molar-refractivity contribution in [2.24, 2.45) is 10.4 Å². The minimum absolute atomic E-state index is 0. The third kappa shape index (κ3) is 5.70. The first-order chi connectivity index (χ1) is 12.3. The largest absolute Gasteiger partial charge is 0.381 e. The second kappa shape index (κ2) is 9.59. The highest BCUT2D eigenvalue weighted by atomic mass is 127. The molecule has 0 aliphatic carbocycles. The molecule has 3 unspecified atom stereocenters. The quantitative estimate of drug-likeness (QED) is 0.370. The molecule has 3 fully saturated rings. The molecule has 1 spiro atoms. The van der Waals surface area contributed by atoms with Gasteiger partial charge in [0, 0.05) is 50.3 Å². The van der Waals surface area contributed by atoms with E-state index in [-0.39, 0.29) is 41.7 Å². The zero-order chi connectivity index (χ0) is 18.8. The number of hydrogen-bond acceptors (Lipinski definition) is 4. The van der Waals surface area contributed by atoms with Gasteiger partial charge >= 0.3 is 0 Å². The first-order valence-electron chi connectivity index (χ1n) is 10.4. The molecule has 7 heteroatoms. The lowest BCUT2D eigenvalue weighted by atomic mass is 9.87. The van der Waals surface area contributed by atoms with Crippen LogP contribution in [0.5, 0.6) is 0 Å². The van der Waals surface area contributed by atoms with E-state index in [0.717, 1.165) is 58.4 Å². The standard InChI is InChI=1S/C20H38N4O2.HI/c1-6-21-18(23-9-7-20(14-23)8-10-25-15-20)22-13-19(4,5)24-11-16(2)26-17(3)12-24;/h16-17H,6-15H2,1-5H3,(H,21,22);1H. The second-order valence-corrected chi connectivity index (χ2v) is 9.12. The second-order valence-electron chi connectivity index (χ2n) is 9.12. The summed E-state index contributed by atoms with van der Waals surface area (Å²) in [4.78, 5) is 10.0. The molecule has 3 aliphatic heterocycles. The van der Waals surface area contributed by atoms with Crippen LogP contribution in [0.25, 0.3) is 0 Å². The number of aliphatic imine (C=N–C) groups is 1. The fourth-order valence-electron chi connectivity index (χ4n) is 4.55.